The molecule has 0 atom stereocenters. The molecule has 0 spiro atoms. The maximum absolute atomic E-state index is 12.7. The Bertz CT molecular complexity index is 1060. The van der Waals surface area contributed by atoms with Gasteiger partial charge in [-0.1, -0.05) is 36.4 Å². The van der Waals surface area contributed by atoms with Gasteiger partial charge in [-0.25, -0.2) is 9.78 Å². The van der Waals surface area contributed by atoms with Crippen LogP contribution in [0, 0.1) is 6.92 Å². The van der Waals surface area contributed by atoms with Crippen LogP contribution in [-0.4, -0.2) is 22.1 Å². The Balaban J connectivity index is 1.54. The Morgan fingerprint density at radius 3 is 2.96 bits per heavy atom. The summed E-state index contributed by atoms with van der Waals surface area (Å²) in [6.45, 7) is 2.68. The van der Waals surface area contributed by atoms with E-state index in [0.717, 1.165) is 24.2 Å². The molecule has 1 aliphatic heterocycles. The number of rotatable bonds is 4. The molecule has 0 fully saturated rings. The summed E-state index contributed by atoms with van der Waals surface area (Å²) in [4.78, 5) is 30.8. The van der Waals surface area contributed by atoms with Crippen LogP contribution in [0.4, 0.5) is 0 Å². The van der Waals surface area contributed by atoms with Crippen LogP contribution in [-0.2, 0) is 17.7 Å². The van der Waals surface area contributed by atoms with Crippen molar-refractivity contribution >= 4 is 33.6 Å². The summed E-state index contributed by atoms with van der Waals surface area (Å²) in [5, 5.41) is 0.549. The van der Waals surface area contributed by atoms with Crippen LogP contribution in [0.1, 0.15) is 33.0 Å². The van der Waals surface area contributed by atoms with E-state index in [9.17, 15) is 9.59 Å². The molecule has 0 aliphatic carbocycles. The first-order valence-corrected chi connectivity index (χ1v) is 9.38. The van der Waals surface area contributed by atoms with Crippen LogP contribution in [0.2, 0.25) is 0 Å². The van der Waals surface area contributed by atoms with E-state index in [1.807, 2.05) is 36.4 Å². The van der Waals surface area contributed by atoms with E-state index in [-0.39, 0.29) is 12.2 Å². The number of ether oxygens (including phenoxy) is 1. The van der Waals surface area contributed by atoms with Crippen molar-refractivity contribution in [3.8, 4) is 0 Å². The van der Waals surface area contributed by atoms with E-state index in [1.165, 1.54) is 11.3 Å². The monoisotopic (exact) mass is 366 g/mol. The van der Waals surface area contributed by atoms with Gasteiger partial charge in [0, 0.05) is 13.0 Å². The summed E-state index contributed by atoms with van der Waals surface area (Å²) in [6, 6.07) is 9.82. The minimum Gasteiger partial charge on any atom is -0.457 e. The summed E-state index contributed by atoms with van der Waals surface area (Å²) < 4.78 is 7.07. The van der Waals surface area contributed by atoms with Crippen molar-refractivity contribution in [2.75, 3.05) is 6.61 Å². The van der Waals surface area contributed by atoms with Gasteiger partial charge in [-0.3, -0.25) is 9.36 Å². The first kappa shape index (κ1) is 16.7. The van der Waals surface area contributed by atoms with Crippen molar-refractivity contribution in [2.24, 2.45) is 0 Å². The van der Waals surface area contributed by atoms with Crippen LogP contribution in [0.15, 0.2) is 41.2 Å². The first-order chi connectivity index (χ1) is 12.6. The smallest absolute Gasteiger partial charge is 0.348 e. The van der Waals surface area contributed by atoms with Crippen molar-refractivity contribution < 1.29 is 9.53 Å². The third-order valence-corrected chi connectivity index (χ3v) is 5.68. The maximum atomic E-state index is 12.7. The molecule has 0 amide bonds. The van der Waals surface area contributed by atoms with Gasteiger partial charge < -0.3 is 4.74 Å². The van der Waals surface area contributed by atoms with Crippen LogP contribution < -0.4 is 5.56 Å². The topological polar surface area (TPSA) is 61.2 Å². The lowest BCUT2D eigenvalue weighted by molar-refractivity contribution is 0.0555. The third-order valence-electron chi connectivity index (χ3n) is 4.52. The number of carbonyl (C=O) groups excluding carboxylic acids is 1. The highest BCUT2D eigenvalue weighted by molar-refractivity contribution is 7.20. The molecule has 0 radical (unpaired) electrons. The van der Waals surface area contributed by atoms with Gasteiger partial charge in [0.2, 0.25) is 0 Å². The zero-order valence-corrected chi connectivity index (χ0v) is 15.2. The molecule has 0 unspecified atom stereocenters. The predicted octanol–water partition coefficient (Wildman–Crippen LogP) is 3.58. The molecule has 0 N–H and O–H groups in total. The number of thiophene rings is 1. The van der Waals surface area contributed by atoms with Gasteiger partial charge >= 0.3 is 5.97 Å². The average molecular weight is 366 g/mol. The second-order valence-electron chi connectivity index (χ2n) is 6.24. The second kappa shape index (κ2) is 6.88. The molecular formula is C20H18N2O3S. The number of esters is 1. The summed E-state index contributed by atoms with van der Waals surface area (Å²) in [6.07, 6.45) is 5.47. The summed E-state index contributed by atoms with van der Waals surface area (Å²) in [5.41, 5.74) is 1.68. The number of hydrogen-bond donors (Lipinski definition) is 0. The highest BCUT2D eigenvalue weighted by atomic mass is 32.1. The zero-order chi connectivity index (χ0) is 18.1. The third kappa shape index (κ3) is 2.97. The van der Waals surface area contributed by atoms with Crippen LogP contribution >= 0.6 is 11.3 Å². The molecule has 5 nitrogen and oxygen atoms in total. The van der Waals surface area contributed by atoms with Crippen LogP contribution in [0.3, 0.4) is 0 Å². The van der Waals surface area contributed by atoms with Gasteiger partial charge in [-0.15, -0.1) is 11.3 Å². The van der Waals surface area contributed by atoms with Gasteiger partial charge in [0.1, 0.15) is 22.1 Å². The number of nitrogens with zero attached hydrogens (tertiary/aromatic N) is 2. The molecule has 3 heterocycles. The van der Waals surface area contributed by atoms with Crippen molar-refractivity contribution in [2.45, 2.75) is 26.3 Å². The fourth-order valence-corrected chi connectivity index (χ4v) is 4.29. The molecule has 2 aromatic heterocycles. The molecule has 0 saturated carbocycles. The molecule has 1 aliphatic rings. The molecule has 4 rings (SSSR count). The highest BCUT2D eigenvalue weighted by Gasteiger charge is 2.23. The number of benzene rings is 1. The highest BCUT2D eigenvalue weighted by Crippen LogP contribution is 2.29. The molecule has 6 heteroatoms. The van der Waals surface area contributed by atoms with E-state index < -0.39 is 5.97 Å². The number of carbonyl (C=O) groups is 1. The van der Waals surface area contributed by atoms with E-state index in [4.69, 9.17) is 4.74 Å². The molecule has 132 valence electrons. The summed E-state index contributed by atoms with van der Waals surface area (Å²) in [7, 11) is 0. The van der Waals surface area contributed by atoms with Gasteiger partial charge in [-0.05, 0) is 30.5 Å². The van der Waals surface area contributed by atoms with Gasteiger partial charge in [0.15, 0.2) is 0 Å². The molecule has 1 aromatic carbocycles. The number of hydrogen-bond acceptors (Lipinski definition) is 5. The van der Waals surface area contributed by atoms with Gasteiger partial charge in [0.25, 0.3) is 5.56 Å². The van der Waals surface area contributed by atoms with E-state index >= 15 is 0 Å². The zero-order valence-electron chi connectivity index (χ0n) is 14.4. The Morgan fingerprint density at radius 2 is 2.15 bits per heavy atom. The van der Waals surface area contributed by atoms with Crippen molar-refractivity contribution in [1.29, 1.82) is 0 Å². The standard InChI is InChI=1S/C20H18N2O3S/c1-13-16-18(21-15-10-5-11-22(15)19(16)23)26-17(13)20(24)25-12-6-9-14-7-3-2-4-8-14/h2-4,6-9H,5,10-12H2,1H3. The average Bonchev–Trinajstić information content (AvgIpc) is 3.25. The number of fused-ring (bicyclic) bond motifs is 2. The Morgan fingerprint density at radius 1 is 1.35 bits per heavy atom. The Hall–Kier alpha value is -2.73. The van der Waals surface area contributed by atoms with Crippen LogP contribution in [0.25, 0.3) is 16.3 Å². The van der Waals surface area contributed by atoms with Gasteiger partial charge in [-0.2, -0.15) is 0 Å². The van der Waals surface area contributed by atoms with Crippen molar-refractivity contribution in [3.05, 3.63) is 68.6 Å². The van der Waals surface area contributed by atoms with Crippen molar-refractivity contribution in [1.82, 2.24) is 9.55 Å². The van der Waals surface area contributed by atoms with E-state index in [1.54, 1.807) is 17.6 Å². The van der Waals surface area contributed by atoms with Crippen molar-refractivity contribution in [3.63, 3.8) is 0 Å². The fourth-order valence-electron chi connectivity index (χ4n) is 3.21. The van der Waals surface area contributed by atoms with Crippen LogP contribution in [0.5, 0.6) is 0 Å². The molecular weight excluding hydrogens is 348 g/mol. The second-order valence-corrected chi connectivity index (χ2v) is 7.24. The number of aromatic nitrogens is 2. The fraction of sp³-hybridized carbons (Fsp3) is 0.250. The maximum Gasteiger partial charge on any atom is 0.348 e. The minimum absolute atomic E-state index is 0.0423. The lowest BCUT2D eigenvalue weighted by Crippen LogP contribution is -2.20. The molecule has 26 heavy (non-hydrogen) atoms. The normalized spacial score (nSPS) is 13.4. The predicted molar refractivity (Wildman–Crippen MR) is 103 cm³/mol. The first-order valence-electron chi connectivity index (χ1n) is 8.56. The minimum atomic E-state index is -0.409. The Labute approximate surface area is 154 Å². The lowest BCUT2D eigenvalue weighted by Gasteiger charge is -2.02. The van der Waals surface area contributed by atoms with E-state index in [0.29, 0.717) is 27.2 Å². The summed E-state index contributed by atoms with van der Waals surface area (Å²) >= 11 is 1.24. The Kier molecular flexibility index (Phi) is 4.42. The molecule has 0 saturated heterocycles. The SMILES string of the molecule is Cc1c(C(=O)OCC=Cc2ccccc2)sc2nc3n(c(=O)c12)CCC3. The number of aryl methyl sites for hydroxylation is 2. The largest absolute Gasteiger partial charge is 0.457 e. The molecule has 0 bridgehead atoms. The lowest BCUT2D eigenvalue weighted by atomic mass is 10.2. The summed E-state index contributed by atoms with van der Waals surface area (Å²) in [5.74, 6) is 0.405. The van der Waals surface area contributed by atoms with Gasteiger partial charge in [0.05, 0.1) is 5.39 Å². The van der Waals surface area contributed by atoms with E-state index in [2.05, 4.69) is 4.98 Å². The molecule has 3 aromatic rings. The quantitative estimate of drug-likeness (QED) is 0.662.